The van der Waals surface area contributed by atoms with Gasteiger partial charge in [0.2, 0.25) is 0 Å². The van der Waals surface area contributed by atoms with Crippen molar-refractivity contribution < 1.29 is 33.0 Å². The Morgan fingerprint density at radius 2 is 1.87 bits per heavy atom. The molecule has 1 atom stereocenters. The van der Waals surface area contributed by atoms with Gasteiger partial charge in [-0.05, 0) is 67.8 Å². The molecule has 3 heterocycles. The molecule has 0 saturated carbocycles. The molecule has 11 heteroatoms. The number of hydrogen-bond donors (Lipinski definition) is 2. The molecule has 0 unspecified atom stereocenters. The van der Waals surface area contributed by atoms with Gasteiger partial charge in [0.1, 0.15) is 17.0 Å². The van der Waals surface area contributed by atoms with E-state index in [1.807, 2.05) is 0 Å². The summed E-state index contributed by atoms with van der Waals surface area (Å²) < 4.78 is 29.6. The van der Waals surface area contributed by atoms with Gasteiger partial charge in [-0.15, -0.1) is 11.3 Å². The number of thiophene rings is 1. The number of carbonyl (C=O) groups excluding carboxylic acids is 3. The first-order chi connectivity index (χ1) is 18.4. The van der Waals surface area contributed by atoms with Gasteiger partial charge >= 0.3 is 12.1 Å². The molecular weight excluding hydrogens is 513 g/mol. The highest BCUT2D eigenvalue weighted by atomic mass is 32.1. The molecule has 3 aromatic rings. The van der Waals surface area contributed by atoms with Crippen LogP contribution in [0.3, 0.4) is 0 Å². The maximum Gasteiger partial charge on any atom is 0.410 e. The number of fused-ring (bicyclic) bond motifs is 3. The number of ether oxygens (including phenoxy) is 3. The second-order valence-corrected chi connectivity index (χ2v) is 9.77. The number of amides is 2. The smallest absolute Gasteiger partial charge is 0.410 e. The van der Waals surface area contributed by atoms with Crippen molar-refractivity contribution in [3.63, 3.8) is 0 Å². The Bertz CT molecular complexity index is 1390. The van der Waals surface area contributed by atoms with Crippen LogP contribution in [0.25, 0.3) is 0 Å². The van der Waals surface area contributed by atoms with E-state index in [1.165, 1.54) is 35.6 Å². The quantitative estimate of drug-likeness (QED) is 0.340. The number of hydrogen-bond acceptors (Lipinski definition) is 8. The van der Waals surface area contributed by atoms with Crippen molar-refractivity contribution in [2.24, 2.45) is 0 Å². The zero-order chi connectivity index (χ0) is 26.8. The SMILES string of the molecule is CCOC(=O)N1CCc2c(sc3c2C(=O)N[C@@H](c2ccc(OC(=O)c4ccc(F)cc4)c(OCC)c2)N3)C1. The molecule has 0 radical (unpaired) electrons. The molecule has 1 aromatic heterocycles. The largest absolute Gasteiger partial charge is 0.490 e. The monoisotopic (exact) mass is 539 g/mol. The Hall–Kier alpha value is -4.12. The summed E-state index contributed by atoms with van der Waals surface area (Å²) in [5.41, 5.74) is 2.47. The van der Waals surface area contributed by atoms with Crippen LogP contribution in [0.4, 0.5) is 14.2 Å². The van der Waals surface area contributed by atoms with Gasteiger partial charge in [-0.3, -0.25) is 4.79 Å². The van der Waals surface area contributed by atoms with Crippen molar-refractivity contribution >= 4 is 34.3 Å². The van der Waals surface area contributed by atoms with Gasteiger partial charge in [0.25, 0.3) is 5.91 Å². The van der Waals surface area contributed by atoms with E-state index in [0.29, 0.717) is 49.6 Å². The fourth-order valence-corrected chi connectivity index (χ4v) is 5.74. The number of nitrogens with one attached hydrogen (secondary N) is 2. The van der Waals surface area contributed by atoms with Gasteiger partial charge < -0.3 is 29.7 Å². The molecule has 0 spiro atoms. The van der Waals surface area contributed by atoms with Crippen LogP contribution < -0.4 is 20.1 Å². The Kier molecular flexibility index (Phi) is 7.19. The van der Waals surface area contributed by atoms with Crippen LogP contribution in [0, 0.1) is 5.82 Å². The Morgan fingerprint density at radius 1 is 1.08 bits per heavy atom. The highest BCUT2D eigenvalue weighted by Crippen LogP contribution is 2.41. The summed E-state index contributed by atoms with van der Waals surface area (Å²) in [5.74, 6) is -0.755. The lowest BCUT2D eigenvalue weighted by molar-refractivity contribution is 0.0728. The number of anilines is 1. The molecule has 2 aromatic carbocycles. The van der Waals surface area contributed by atoms with Crippen LogP contribution in [0.1, 0.15) is 56.7 Å². The van der Waals surface area contributed by atoms with Crippen LogP contribution in [0.2, 0.25) is 0 Å². The average Bonchev–Trinajstić information content (AvgIpc) is 3.28. The van der Waals surface area contributed by atoms with E-state index in [-0.39, 0.29) is 23.3 Å². The standard InChI is InChI=1S/C27H26FN3O6S/c1-3-35-20-13-16(7-10-19(20)37-26(33)15-5-8-17(28)9-6-15)23-29-24(32)22-18-11-12-31(27(34)36-4-2)14-21(18)38-25(22)30-23/h5-10,13,23,30H,3-4,11-12,14H2,1-2H3,(H,29,32)/t23-/m1/s1. The zero-order valence-corrected chi connectivity index (χ0v) is 21.7. The molecular formula is C27H26FN3O6S. The third kappa shape index (κ3) is 5.01. The van der Waals surface area contributed by atoms with Gasteiger partial charge in [0.15, 0.2) is 11.5 Å². The van der Waals surface area contributed by atoms with Crippen molar-refractivity contribution in [1.82, 2.24) is 10.2 Å². The Balaban J connectivity index is 1.36. The number of esters is 1. The van der Waals surface area contributed by atoms with E-state index in [4.69, 9.17) is 14.2 Å². The van der Waals surface area contributed by atoms with Crippen LogP contribution in [0.15, 0.2) is 42.5 Å². The van der Waals surface area contributed by atoms with Crippen molar-refractivity contribution in [2.75, 3.05) is 25.1 Å². The fourth-order valence-electron chi connectivity index (χ4n) is 4.45. The van der Waals surface area contributed by atoms with Gasteiger partial charge in [-0.2, -0.15) is 0 Å². The molecule has 0 bridgehead atoms. The first-order valence-electron chi connectivity index (χ1n) is 12.3. The van der Waals surface area contributed by atoms with Gasteiger partial charge in [0, 0.05) is 11.4 Å². The Morgan fingerprint density at radius 3 is 2.61 bits per heavy atom. The molecule has 2 amide bonds. The van der Waals surface area contributed by atoms with E-state index < -0.39 is 18.0 Å². The number of carbonyl (C=O) groups is 3. The summed E-state index contributed by atoms with van der Waals surface area (Å²) in [6, 6.07) is 10.1. The van der Waals surface area contributed by atoms with E-state index in [9.17, 15) is 18.8 Å². The minimum atomic E-state index is -0.645. The number of benzene rings is 2. The van der Waals surface area contributed by atoms with Crippen LogP contribution in [-0.4, -0.2) is 42.6 Å². The maximum atomic E-state index is 13.2. The molecule has 0 fully saturated rings. The second-order valence-electron chi connectivity index (χ2n) is 8.66. The minimum absolute atomic E-state index is 0.199. The third-order valence-corrected chi connectivity index (χ3v) is 7.39. The van der Waals surface area contributed by atoms with Gasteiger partial charge in [-0.1, -0.05) is 6.07 Å². The predicted octanol–water partition coefficient (Wildman–Crippen LogP) is 4.87. The number of rotatable bonds is 6. The maximum absolute atomic E-state index is 13.2. The van der Waals surface area contributed by atoms with Crippen molar-refractivity contribution in [3.05, 3.63) is 75.4 Å². The third-order valence-electron chi connectivity index (χ3n) is 6.24. The summed E-state index contributed by atoms with van der Waals surface area (Å²) in [5, 5.41) is 7.11. The highest BCUT2D eigenvalue weighted by Gasteiger charge is 2.34. The molecule has 2 N–H and O–H groups in total. The molecule has 0 saturated heterocycles. The zero-order valence-electron chi connectivity index (χ0n) is 20.8. The van der Waals surface area contributed by atoms with Crippen molar-refractivity contribution in [1.29, 1.82) is 0 Å². The molecule has 0 aliphatic carbocycles. The van der Waals surface area contributed by atoms with Gasteiger partial charge in [-0.25, -0.2) is 14.0 Å². The van der Waals surface area contributed by atoms with E-state index in [1.54, 1.807) is 36.9 Å². The molecule has 38 heavy (non-hydrogen) atoms. The van der Waals surface area contributed by atoms with Gasteiger partial charge in [0.05, 0.1) is 30.9 Å². The highest BCUT2D eigenvalue weighted by molar-refractivity contribution is 7.16. The fraction of sp³-hybridized carbons (Fsp3) is 0.296. The molecule has 2 aliphatic heterocycles. The molecule has 198 valence electrons. The Labute approximate surface area is 222 Å². The van der Waals surface area contributed by atoms with E-state index in [2.05, 4.69) is 10.6 Å². The number of nitrogens with zero attached hydrogens (tertiary/aromatic N) is 1. The first kappa shape index (κ1) is 25.5. The van der Waals surface area contributed by atoms with E-state index in [0.717, 1.165) is 15.4 Å². The van der Waals surface area contributed by atoms with Crippen LogP contribution in [0.5, 0.6) is 11.5 Å². The lowest BCUT2D eigenvalue weighted by atomic mass is 10.0. The first-order valence-corrected chi connectivity index (χ1v) is 13.1. The summed E-state index contributed by atoms with van der Waals surface area (Å²) in [6.45, 7) is 5.09. The predicted molar refractivity (Wildman–Crippen MR) is 138 cm³/mol. The normalized spacial score (nSPS) is 16.0. The van der Waals surface area contributed by atoms with Crippen LogP contribution >= 0.6 is 11.3 Å². The molecule has 5 rings (SSSR count). The summed E-state index contributed by atoms with van der Waals surface area (Å²) in [7, 11) is 0. The van der Waals surface area contributed by atoms with Crippen molar-refractivity contribution in [3.8, 4) is 11.5 Å². The van der Waals surface area contributed by atoms with Crippen LogP contribution in [-0.2, 0) is 17.7 Å². The summed E-state index contributed by atoms with van der Waals surface area (Å²) in [6.07, 6.45) is -0.330. The average molecular weight is 540 g/mol. The van der Waals surface area contributed by atoms with Crippen molar-refractivity contribution in [2.45, 2.75) is 33.0 Å². The summed E-state index contributed by atoms with van der Waals surface area (Å²) >= 11 is 1.46. The molecule has 2 aliphatic rings. The lowest BCUT2D eigenvalue weighted by Gasteiger charge is -2.28. The second kappa shape index (κ2) is 10.7. The lowest BCUT2D eigenvalue weighted by Crippen LogP contribution is -2.39. The minimum Gasteiger partial charge on any atom is -0.490 e. The van der Waals surface area contributed by atoms with E-state index >= 15 is 0 Å². The number of halogens is 1. The summed E-state index contributed by atoms with van der Waals surface area (Å²) in [4.78, 5) is 40.5. The topological polar surface area (TPSA) is 106 Å². The molecule has 9 nitrogen and oxygen atoms in total.